The minimum Gasteiger partial charge on any atom is -0.517 e. The molecule has 0 saturated heterocycles. The van der Waals surface area contributed by atoms with Gasteiger partial charge in [-0.2, -0.15) is 0 Å². The highest BCUT2D eigenvalue weighted by Crippen LogP contribution is 2.05. The van der Waals surface area contributed by atoms with Crippen LogP contribution < -0.4 is 0 Å². The van der Waals surface area contributed by atoms with E-state index in [4.69, 9.17) is 22.9 Å². The van der Waals surface area contributed by atoms with Crippen molar-refractivity contribution in [2.75, 3.05) is 21.1 Å². The summed E-state index contributed by atoms with van der Waals surface area (Å²) in [6, 6.07) is 0. The van der Waals surface area contributed by atoms with Crippen LogP contribution in [0, 0.1) is 0 Å². The highest BCUT2D eigenvalue weighted by Gasteiger charge is 2.07. The highest BCUT2D eigenvalue weighted by atomic mass is 35.5. The van der Waals surface area contributed by atoms with Crippen molar-refractivity contribution in [1.29, 1.82) is 0 Å². The maximum absolute atomic E-state index is 5.49. The van der Waals surface area contributed by atoms with E-state index in [9.17, 15) is 0 Å². The van der Waals surface area contributed by atoms with Gasteiger partial charge in [0.15, 0.2) is 0 Å². The normalized spacial score (nSPS) is 12.9. The van der Waals surface area contributed by atoms with Crippen molar-refractivity contribution in [2.45, 2.75) is 0 Å². The number of halogens is 2. The smallest absolute Gasteiger partial charge is 0.327 e. The topological polar surface area (TPSA) is 0 Å². The Morgan fingerprint density at radius 2 is 1.29 bits per heavy atom. The third-order valence-electron chi connectivity index (χ3n) is 0.586. The summed E-state index contributed by atoms with van der Waals surface area (Å²) in [4.78, 5) is 0. The molecule has 1 nitrogen and oxygen atoms in total. The summed E-state index contributed by atoms with van der Waals surface area (Å²) in [6.45, 7) is 0. The third kappa shape index (κ3) is 3.21. The minimum atomic E-state index is -0.319. The first-order chi connectivity index (χ1) is 2.94. The van der Waals surface area contributed by atoms with Crippen LogP contribution in [0.3, 0.4) is 0 Å². The van der Waals surface area contributed by atoms with Crippen LogP contribution in [0.4, 0.5) is 0 Å². The van der Waals surface area contributed by atoms with Gasteiger partial charge in [-0.05, 0) is 0 Å². The zero-order chi connectivity index (χ0) is 6.08. The summed E-state index contributed by atoms with van der Waals surface area (Å²) in [7, 11) is 5.81. The molecule has 1 radical (unpaired) electrons. The van der Waals surface area contributed by atoms with Gasteiger partial charge >= 0.3 is 5.68 Å². The molecule has 0 N–H and O–H groups in total. The quantitative estimate of drug-likeness (QED) is 0.480. The zero-order valence-corrected chi connectivity index (χ0v) is 6.29. The van der Waals surface area contributed by atoms with E-state index in [0.717, 1.165) is 0 Å². The second-order valence-corrected chi connectivity index (χ2v) is 3.44. The fourth-order valence-electron chi connectivity index (χ4n) is 0. The number of hydrogen-bond acceptors (Lipinski definition) is 0. The molecule has 0 saturated carbocycles. The average molecular weight is 141 g/mol. The predicted octanol–water partition coefficient (Wildman–Crippen LogP) is 1.16. The second kappa shape index (κ2) is 2.25. The number of hydrogen-bond donors (Lipinski definition) is 0. The number of rotatable bonds is 1. The molecule has 0 bridgehead atoms. The Morgan fingerprint density at radius 3 is 1.29 bits per heavy atom. The molecular weight excluding hydrogens is 132 g/mol. The van der Waals surface area contributed by atoms with E-state index in [1.165, 1.54) is 0 Å². The van der Waals surface area contributed by atoms with Crippen LogP contribution in [-0.4, -0.2) is 31.2 Å². The molecule has 0 heterocycles. The molecule has 0 unspecified atom stereocenters. The van der Waals surface area contributed by atoms with Crippen molar-refractivity contribution in [3.63, 3.8) is 0 Å². The van der Waals surface area contributed by atoms with Gasteiger partial charge in [-0.25, -0.2) is 0 Å². The Hall–Kier alpha value is 0.605. The molecule has 0 atom stereocenters. The lowest BCUT2D eigenvalue weighted by molar-refractivity contribution is -0.755. The second-order valence-electron chi connectivity index (χ2n) is 2.39. The van der Waals surface area contributed by atoms with Gasteiger partial charge in [0.05, 0.1) is 0 Å². The SMILES string of the molecule is C[N+](C)(C)[B-](Cl)Cl. The summed E-state index contributed by atoms with van der Waals surface area (Å²) in [5.41, 5.74) is -0.319. The van der Waals surface area contributed by atoms with Crippen LogP contribution in [0.5, 0.6) is 0 Å². The fourth-order valence-corrected chi connectivity index (χ4v) is 0. The Bertz CT molecular complexity index is 58.4. The molecule has 0 aromatic carbocycles. The Morgan fingerprint density at radius 1 is 1.14 bits per heavy atom. The third-order valence-corrected chi connectivity index (χ3v) is 1.76. The van der Waals surface area contributed by atoms with Gasteiger partial charge in [0.2, 0.25) is 0 Å². The van der Waals surface area contributed by atoms with E-state index in [1.54, 1.807) is 0 Å². The molecule has 0 aliphatic rings. The van der Waals surface area contributed by atoms with Crippen molar-refractivity contribution in [2.24, 2.45) is 0 Å². The van der Waals surface area contributed by atoms with E-state index < -0.39 is 0 Å². The van der Waals surface area contributed by atoms with Gasteiger partial charge < -0.3 is 27.3 Å². The van der Waals surface area contributed by atoms with Crippen LogP contribution in [0.25, 0.3) is 0 Å². The summed E-state index contributed by atoms with van der Waals surface area (Å²) >= 11 is 11.0. The van der Waals surface area contributed by atoms with Crippen molar-refractivity contribution < 1.29 is 4.39 Å². The summed E-state index contributed by atoms with van der Waals surface area (Å²) in [6.07, 6.45) is 0. The monoisotopic (exact) mass is 140 g/mol. The molecule has 0 aromatic heterocycles. The van der Waals surface area contributed by atoms with Crippen molar-refractivity contribution in [1.82, 2.24) is 0 Å². The summed E-state index contributed by atoms with van der Waals surface area (Å²) in [5.74, 6) is 0. The molecule has 0 aromatic rings. The van der Waals surface area contributed by atoms with E-state index in [0.29, 0.717) is 4.39 Å². The van der Waals surface area contributed by atoms with Crippen LogP contribution in [0.2, 0.25) is 0 Å². The first-order valence-electron chi connectivity index (χ1n) is 2.04. The van der Waals surface area contributed by atoms with E-state index in [2.05, 4.69) is 0 Å². The molecule has 4 heteroatoms. The first kappa shape index (κ1) is 7.60. The van der Waals surface area contributed by atoms with E-state index in [-0.39, 0.29) is 5.68 Å². The molecule has 0 aliphatic heterocycles. The summed E-state index contributed by atoms with van der Waals surface area (Å²) < 4.78 is 0.586. The zero-order valence-electron chi connectivity index (χ0n) is 4.78. The van der Waals surface area contributed by atoms with Gasteiger partial charge in [0.25, 0.3) is 0 Å². The van der Waals surface area contributed by atoms with Gasteiger partial charge in [-0.1, -0.05) is 0 Å². The molecule has 43 valence electrons. The molecule has 7 heavy (non-hydrogen) atoms. The Balaban J connectivity index is 3.54. The van der Waals surface area contributed by atoms with Gasteiger partial charge in [-0.15, -0.1) is 0 Å². The van der Waals surface area contributed by atoms with Crippen molar-refractivity contribution in [3.05, 3.63) is 0 Å². The lowest BCUT2D eigenvalue weighted by Crippen LogP contribution is -2.41. The summed E-state index contributed by atoms with van der Waals surface area (Å²) in [5, 5.41) is 0. The lowest BCUT2D eigenvalue weighted by atomic mass is 10.2. The predicted molar refractivity (Wildman–Crippen MR) is 35.5 cm³/mol. The molecule has 0 amide bonds. The molecular formula is C3H9BCl2N. The van der Waals surface area contributed by atoms with E-state index >= 15 is 0 Å². The van der Waals surface area contributed by atoms with Crippen molar-refractivity contribution >= 4 is 28.6 Å². The van der Waals surface area contributed by atoms with Crippen LogP contribution in [0.15, 0.2) is 0 Å². The van der Waals surface area contributed by atoms with Gasteiger partial charge in [0, 0.05) is 21.1 Å². The molecule has 0 aliphatic carbocycles. The average Bonchev–Trinajstić information content (AvgIpc) is 1.31. The van der Waals surface area contributed by atoms with Gasteiger partial charge in [0.1, 0.15) is 0 Å². The fraction of sp³-hybridized carbons (Fsp3) is 1.00. The van der Waals surface area contributed by atoms with Crippen molar-refractivity contribution in [3.8, 4) is 0 Å². The molecule has 0 fully saturated rings. The van der Waals surface area contributed by atoms with Crippen LogP contribution in [-0.2, 0) is 0 Å². The maximum Gasteiger partial charge on any atom is 0.327 e. The first-order valence-corrected chi connectivity index (χ1v) is 2.91. The van der Waals surface area contributed by atoms with Crippen LogP contribution >= 0.6 is 22.9 Å². The Kier molecular flexibility index (Phi) is 2.44. The highest BCUT2D eigenvalue weighted by molar-refractivity contribution is 7.30. The number of quaternary nitrogens is 1. The standard InChI is InChI=1S/C3H9BCl2N/c1-7(2,3)4(5)6/h1-3H3. The minimum absolute atomic E-state index is 0.319. The molecule has 0 rings (SSSR count). The Labute approximate surface area is 54.7 Å². The van der Waals surface area contributed by atoms with Crippen LogP contribution in [0.1, 0.15) is 0 Å². The molecule has 0 spiro atoms. The van der Waals surface area contributed by atoms with E-state index in [1.807, 2.05) is 21.1 Å². The van der Waals surface area contributed by atoms with Gasteiger partial charge in [-0.3, -0.25) is 0 Å². The number of nitrogens with zero attached hydrogens (tertiary/aromatic N) is 1. The largest absolute Gasteiger partial charge is 0.517 e. The lowest BCUT2D eigenvalue weighted by Gasteiger charge is -2.36. The maximum atomic E-state index is 5.49.